The van der Waals surface area contributed by atoms with Crippen molar-refractivity contribution in [2.24, 2.45) is 35.5 Å². The summed E-state index contributed by atoms with van der Waals surface area (Å²) in [6.07, 6.45) is 5.61. The van der Waals surface area contributed by atoms with Gasteiger partial charge in [0.1, 0.15) is 0 Å². The predicted octanol–water partition coefficient (Wildman–Crippen LogP) is 3.01. The Hall–Kier alpha value is -1.42. The molecule has 2 bridgehead atoms. The molecule has 1 aromatic rings. The van der Waals surface area contributed by atoms with Crippen LogP contribution in [0, 0.1) is 35.5 Å². The first-order chi connectivity index (χ1) is 10.2. The molecule has 6 rings (SSSR count). The van der Waals surface area contributed by atoms with E-state index in [1.54, 1.807) is 0 Å². The highest BCUT2D eigenvalue weighted by atomic mass is 79.9. The molecule has 0 aromatic heterocycles. The third kappa shape index (κ3) is 1.39. The molecular formula is C17H14BrNO2. The van der Waals surface area contributed by atoms with Crippen molar-refractivity contribution in [2.75, 3.05) is 4.90 Å². The summed E-state index contributed by atoms with van der Waals surface area (Å²) in [5, 5.41) is 0. The van der Waals surface area contributed by atoms with Crippen molar-refractivity contribution < 1.29 is 9.59 Å². The molecule has 0 spiro atoms. The van der Waals surface area contributed by atoms with E-state index in [1.807, 2.05) is 24.3 Å². The minimum Gasteiger partial charge on any atom is -0.274 e. The zero-order valence-corrected chi connectivity index (χ0v) is 12.9. The van der Waals surface area contributed by atoms with Crippen molar-refractivity contribution in [1.29, 1.82) is 0 Å². The SMILES string of the molecule is O=C1[C@@H]2[C@@H]3C=C[C@H]([C@@H]4C[C@H]34)[C@@H]2C(=O)N1c1ccccc1Br. The van der Waals surface area contributed by atoms with E-state index in [4.69, 9.17) is 0 Å². The lowest BCUT2D eigenvalue weighted by Crippen LogP contribution is -2.40. The van der Waals surface area contributed by atoms with E-state index in [2.05, 4.69) is 28.1 Å². The van der Waals surface area contributed by atoms with E-state index in [0.29, 0.717) is 17.5 Å². The normalized spacial score (nSPS) is 42.2. The van der Waals surface area contributed by atoms with Gasteiger partial charge in [-0.3, -0.25) is 9.59 Å². The summed E-state index contributed by atoms with van der Waals surface area (Å²) in [4.78, 5) is 27.2. The number of amides is 2. The molecule has 3 fully saturated rings. The third-order valence-corrected chi connectivity index (χ3v) is 6.43. The van der Waals surface area contributed by atoms with E-state index >= 15 is 0 Å². The van der Waals surface area contributed by atoms with Gasteiger partial charge in [-0.15, -0.1) is 0 Å². The van der Waals surface area contributed by atoms with Crippen LogP contribution in [0.25, 0.3) is 0 Å². The summed E-state index contributed by atoms with van der Waals surface area (Å²) < 4.78 is 0.802. The second kappa shape index (κ2) is 3.86. The second-order valence-electron chi connectivity index (χ2n) is 6.62. The predicted molar refractivity (Wildman–Crippen MR) is 81.3 cm³/mol. The number of para-hydroxylation sites is 1. The van der Waals surface area contributed by atoms with Crippen LogP contribution in [-0.4, -0.2) is 11.8 Å². The van der Waals surface area contributed by atoms with E-state index < -0.39 is 0 Å². The number of imide groups is 1. The largest absolute Gasteiger partial charge is 0.274 e. The fraction of sp³-hybridized carbons (Fsp3) is 0.412. The van der Waals surface area contributed by atoms with Crippen LogP contribution in [0.5, 0.6) is 0 Å². The van der Waals surface area contributed by atoms with E-state index in [-0.39, 0.29) is 35.5 Å². The van der Waals surface area contributed by atoms with E-state index in [1.165, 1.54) is 11.3 Å². The first-order valence-electron chi connectivity index (χ1n) is 7.49. The summed E-state index contributed by atoms with van der Waals surface area (Å²) in [5.74, 6) is 1.63. The summed E-state index contributed by atoms with van der Waals surface area (Å²) in [6.45, 7) is 0. The molecule has 5 aliphatic rings. The number of hydrogen-bond donors (Lipinski definition) is 0. The van der Waals surface area contributed by atoms with E-state index in [0.717, 1.165) is 4.47 Å². The molecule has 1 aliphatic heterocycles. The Labute approximate surface area is 131 Å². The first-order valence-corrected chi connectivity index (χ1v) is 8.28. The third-order valence-electron chi connectivity index (χ3n) is 5.76. The van der Waals surface area contributed by atoms with Gasteiger partial charge in [0.15, 0.2) is 0 Å². The number of carbonyl (C=O) groups excluding carboxylic acids is 2. The molecule has 0 unspecified atom stereocenters. The van der Waals surface area contributed by atoms with Gasteiger partial charge >= 0.3 is 0 Å². The number of hydrogen-bond acceptors (Lipinski definition) is 2. The van der Waals surface area contributed by atoms with E-state index in [9.17, 15) is 9.59 Å². The number of benzene rings is 1. The number of allylic oxidation sites excluding steroid dienone is 2. The summed E-state index contributed by atoms with van der Waals surface area (Å²) >= 11 is 3.47. The highest BCUT2D eigenvalue weighted by molar-refractivity contribution is 9.10. The number of rotatable bonds is 1. The minimum atomic E-state index is -0.122. The minimum absolute atomic E-state index is 0.00148. The first kappa shape index (κ1) is 12.2. The molecule has 2 amide bonds. The van der Waals surface area contributed by atoms with Crippen LogP contribution in [-0.2, 0) is 9.59 Å². The quantitative estimate of drug-likeness (QED) is 0.580. The lowest BCUT2D eigenvalue weighted by Gasteiger charge is -2.37. The number of halogens is 1. The van der Waals surface area contributed by atoms with Gasteiger partial charge in [-0.2, -0.15) is 0 Å². The fourth-order valence-electron chi connectivity index (χ4n) is 4.83. The number of anilines is 1. The Morgan fingerprint density at radius 3 is 2.10 bits per heavy atom. The highest BCUT2D eigenvalue weighted by Gasteiger charge is 2.67. The molecule has 0 N–H and O–H groups in total. The van der Waals surface area contributed by atoms with Crippen LogP contribution in [0.4, 0.5) is 5.69 Å². The maximum atomic E-state index is 12.9. The molecular weight excluding hydrogens is 330 g/mol. The van der Waals surface area contributed by atoms with Crippen LogP contribution < -0.4 is 4.90 Å². The van der Waals surface area contributed by atoms with Crippen LogP contribution in [0.2, 0.25) is 0 Å². The van der Waals surface area contributed by atoms with Gasteiger partial charge in [0.25, 0.3) is 0 Å². The van der Waals surface area contributed by atoms with Crippen molar-refractivity contribution in [2.45, 2.75) is 6.42 Å². The topological polar surface area (TPSA) is 37.4 Å². The molecule has 21 heavy (non-hydrogen) atoms. The standard InChI is InChI=1S/C17H14BrNO2/c18-12-3-1-2-4-13(12)19-16(20)14-8-5-6-9(11-7-10(8)11)15(14)17(19)21/h1-6,8-11,14-15H,7H2/t8-,9-,10-,11+,14-,15+/m1/s1. The Kier molecular flexibility index (Phi) is 2.23. The van der Waals surface area contributed by atoms with Crippen molar-refractivity contribution in [3.8, 4) is 0 Å². The monoisotopic (exact) mass is 343 g/mol. The van der Waals surface area contributed by atoms with Crippen molar-refractivity contribution in [3.63, 3.8) is 0 Å². The molecule has 0 radical (unpaired) electrons. The zero-order chi connectivity index (χ0) is 14.3. The van der Waals surface area contributed by atoms with Crippen molar-refractivity contribution in [1.82, 2.24) is 0 Å². The fourth-order valence-corrected chi connectivity index (χ4v) is 5.29. The van der Waals surface area contributed by atoms with Gasteiger partial charge in [0.2, 0.25) is 11.8 Å². The van der Waals surface area contributed by atoms with Gasteiger partial charge in [-0.1, -0.05) is 24.3 Å². The Morgan fingerprint density at radius 1 is 0.952 bits per heavy atom. The van der Waals surface area contributed by atoms with Crippen LogP contribution >= 0.6 is 15.9 Å². The molecule has 1 saturated heterocycles. The molecule has 1 heterocycles. The Balaban J connectivity index is 1.62. The van der Waals surface area contributed by atoms with Gasteiger partial charge in [-0.05, 0) is 58.2 Å². The molecule has 3 nitrogen and oxygen atoms in total. The molecule has 106 valence electrons. The Bertz CT molecular complexity index is 676. The highest BCUT2D eigenvalue weighted by Crippen LogP contribution is 2.65. The van der Waals surface area contributed by atoms with Crippen LogP contribution in [0.15, 0.2) is 40.9 Å². The lowest BCUT2D eigenvalue weighted by atomic mass is 9.63. The van der Waals surface area contributed by atoms with Gasteiger partial charge in [0.05, 0.1) is 17.5 Å². The number of nitrogens with zero attached hydrogens (tertiary/aromatic N) is 1. The maximum absolute atomic E-state index is 12.9. The average molecular weight is 344 g/mol. The van der Waals surface area contributed by atoms with Gasteiger partial charge < -0.3 is 0 Å². The lowest BCUT2D eigenvalue weighted by molar-refractivity contribution is -0.124. The van der Waals surface area contributed by atoms with Crippen LogP contribution in [0.1, 0.15) is 6.42 Å². The van der Waals surface area contributed by atoms with Gasteiger partial charge in [0, 0.05) is 4.47 Å². The zero-order valence-electron chi connectivity index (χ0n) is 11.3. The van der Waals surface area contributed by atoms with Crippen LogP contribution in [0.3, 0.4) is 0 Å². The summed E-state index contributed by atoms with van der Waals surface area (Å²) in [5.41, 5.74) is 0.690. The molecule has 4 heteroatoms. The molecule has 6 atom stereocenters. The average Bonchev–Trinajstić information content (AvgIpc) is 3.26. The molecule has 1 aromatic carbocycles. The summed E-state index contributed by atoms with van der Waals surface area (Å²) in [7, 11) is 0. The maximum Gasteiger partial charge on any atom is 0.238 e. The Morgan fingerprint density at radius 2 is 1.52 bits per heavy atom. The van der Waals surface area contributed by atoms with Gasteiger partial charge in [-0.25, -0.2) is 4.90 Å². The second-order valence-corrected chi connectivity index (χ2v) is 7.47. The van der Waals surface area contributed by atoms with Crippen molar-refractivity contribution in [3.05, 3.63) is 40.9 Å². The summed E-state index contributed by atoms with van der Waals surface area (Å²) in [6, 6.07) is 7.48. The molecule has 4 aliphatic carbocycles. The molecule has 2 saturated carbocycles. The van der Waals surface area contributed by atoms with Crippen molar-refractivity contribution >= 4 is 33.4 Å². The smallest absolute Gasteiger partial charge is 0.238 e. The number of carbonyl (C=O) groups is 2.